The average molecular weight is 162 g/mol. The van der Waals surface area contributed by atoms with Crippen molar-refractivity contribution in [2.45, 2.75) is 25.5 Å². The van der Waals surface area contributed by atoms with Gasteiger partial charge in [0, 0.05) is 0 Å². The van der Waals surface area contributed by atoms with Gasteiger partial charge in [0.25, 0.3) is 10.1 Å². The zero-order valence-corrected chi connectivity index (χ0v) is 5.99. The van der Waals surface area contributed by atoms with Crippen LogP contribution in [0.2, 0.25) is 0 Å². The molecular formula is C4H11NaO3S. The fraction of sp³-hybridized carbons (Fsp3) is 1.00. The first-order chi connectivity index (χ1) is 3.25. The summed E-state index contributed by atoms with van der Waals surface area (Å²) >= 11 is 0. The molecule has 0 aliphatic carbocycles. The Balaban J connectivity index is 0. The van der Waals surface area contributed by atoms with Gasteiger partial charge in [0.15, 0.2) is 0 Å². The molecule has 3 nitrogen and oxygen atoms in total. The van der Waals surface area contributed by atoms with Crippen LogP contribution in [0.15, 0.2) is 0 Å². The third-order valence-electron chi connectivity index (χ3n) is 0.774. The zero-order valence-electron chi connectivity index (χ0n) is 5.17. The van der Waals surface area contributed by atoms with Crippen LogP contribution in [0.1, 0.15) is 20.8 Å². The minimum atomic E-state index is -3.84. The van der Waals surface area contributed by atoms with E-state index in [1.165, 1.54) is 20.8 Å². The summed E-state index contributed by atoms with van der Waals surface area (Å²) in [6.45, 7) is 4.30. The molecule has 0 saturated heterocycles. The molecule has 0 radical (unpaired) electrons. The van der Waals surface area contributed by atoms with Gasteiger partial charge in [-0.15, -0.1) is 0 Å². The van der Waals surface area contributed by atoms with Crippen LogP contribution < -0.4 is 0 Å². The summed E-state index contributed by atoms with van der Waals surface area (Å²) < 4.78 is 27.7. The maximum absolute atomic E-state index is 10.2. The molecule has 0 atom stereocenters. The molecule has 5 heteroatoms. The fourth-order valence-electron chi connectivity index (χ4n) is 0. The molecule has 0 rings (SSSR count). The molecule has 0 spiro atoms. The Morgan fingerprint density at radius 2 is 1.33 bits per heavy atom. The van der Waals surface area contributed by atoms with Crippen molar-refractivity contribution in [3.05, 3.63) is 0 Å². The first kappa shape index (κ1) is 12.6. The van der Waals surface area contributed by atoms with E-state index < -0.39 is 14.9 Å². The van der Waals surface area contributed by atoms with Gasteiger partial charge in [0.1, 0.15) is 0 Å². The maximum atomic E-state index is 10.2. The van der Waals surface area contributed by atoms with Crippen LogP contribution in [0.5, 0.6) is 0 Å². The first-order valence-electron chi connectivity index (χ1n) is 2.22. The molecule has 1 N–H and O–H groups in total. The van der Waals surface area contributed by atoms with E-state index in [4.69, 9.17) is 4.55 Å². The number of hydrogen-bond donors (Lipinski definition) is 1. The van der Waals surface area contributed by atoms with E-state index in [9.17, 15) is 8.42 Å². The van der Waals surface area contributed by atoms with Crippen molar-refractivity contribution in [3.63, 3.8) is 0 Å². The summed E-state index contributed by atoms with van der Waals surface area (Å²) in [7, 11) is -3.84. The number of hydrogen-bond acceptors (Lipinski definition) is 2. The molecule has 0 amide bonds. The summed E-state index contributed by atoms with van der Waals surface area (Å²) in [6, 6.07) is 0. The van der Waals surface area contributed by atoms with Crippen LogP contribution in [-0.2, 0) is 10.1 Å². The molecule has 0 aromatic carbocycles. The van der Waals surface area contributed by atoms with Gasteiger partial charge in [0.05, 0.1) is 4.75 Å². The molecule has 0 unspecified atom stereocenters. The SMILES string of the molecule is CC(C)(C)S(=O)(=O)O.[NaH]. The molecule has 9 heavy (non-hydrogen) atoms. The summed E-state index contributed by atoms with van der Waals surface area (Å²) in [5, 5.41) is 0. The molecular weight excluding hydrogens is 151 g/mol. The fourth-order valence-corrected chi connectivity index (χ4v) is 0. The minimum absolute atomic E-state index is 0. The molecule has 0 saturated carbocycles. The van der Waals surface area contributed by atoms with Crippen LogP contribution >= 0.6 is 0 Å². The Hall–Kier alpha value is 0.910. The van der Waals surface area contributed by atoms with E-state index in [-0.39, 0.29) is 29.6 Å². The third kappa shape index (κ3) is 4.33. The van der Waals surface area contributed by atoms with Crippen molar-refractivity contribution in [1.82, 2.24) is 0 Å². The zero-order chi connectivity index (χ0) is 7.00. The van der Waals surface area contributed by atoms with E-state index in [1.54, 1.807) is 0 Å². The second-order valence-electron chi connectivity index (χ2n) is 2.59. The van der Waals surface area contributed by atoms with Gasteiger partial charge in [-0.2, -0.15) is 8.42 Å². The summed E-state index contributed by atoms with van der Waals surface area (Å²) in [6.07, 6.45) is 0. The monoisotopic (exact) mass is 162 g/mol. The van der Waals surface area contributed by atoms with Crippen molar-refractivity contribution in [1.29, 1.82) is 0 Å². The van der Waals surface area contributed by atoms with Gasteiger partial charge < -0.3 is 0 Å². The van der Waals surface area contributed by atoms with Crippen molar-refractivity contribution in [2.75, 3.05) is 0 Å². The molecule has 0 aromatic heterocycles. The second kappa shape index (κ2) is 3.34. The van der Waals surface area contributed by atoms with Crippen LogP contribution in [0.3, 0.4) is 0 Å². The molecule has 0 bridgehead atoms. The van der Waals surface area contributed by atoms with Gasteiger partial charge in [-0.3, -0.25) is 4.55 Å². The Morgan fingerprint density at radius 1 is 1.22 bits per heavy atom. The van der Waals surface area contributed by atoms with Crippen LogP contribution in [0.4, 0.5) is 0 Å². The van der Waals surface area contributed by atoms with E-state index in [2.05, 4.69) is 0 Å². The standard InChI is InChI=1S/C4H10O3S.Na.H/c1-4(2,3)8(5,6)7;;/h1-3H3,(H,5,6,7);;. The van der Waals surface area contributed by atoms with Crippen molar-refractivity contribution >= 4 is 39.7 Å². The predicted molar refractivity (Wildman–Crippen MR) is 38.5 cm³/mol. The number of rotatable bonds is 0. The quantitative estimate of drug-likeness (QED) is 0.403. The van der Waals surface area contributed by atoms with Gasteiger partial charge in [-0.05, 0) is 20.8 Å². The van der Waals surface area contributed by atoms with Crippen molar-refractivity contribution in [3.8, 4) is 0 Å². The molecule has 0 aliphatic rings. The molecule has 52 valence electrons. The van der Waals surface area contributed by atoms with E-state index in [1.807, 2.05) is 0 Å². The van der Waals surface area contributed by atoms with E-state index in [0.29, 0.717) is 0 Å². The molecule has 0 aliphatic heterocycles. The van der Waals surface area contributed by atoms with Crippen LogP contribution in [-0.4, -0.2) is 47.3 Å². The first-order valence-corrected chi connectivity index (χ1v) is 3.66. The Bertz CT molecular complexity index is 165. The molecule has 0 aromatic rings. The van der Waals surface area contributed by atoms with Crippen LogP contribution in [0.25, 0.3) is 0 Å². The van der Waals surface area contributed by atoms with E-state index in [0.717, 1.165) is 0 Å². The predicted octanol–water partition coefficient (Wildman–Crippen LogP) is 0.0242. The molecule has 0 heterocycles. The van der Waals surface area contributed by atoms with Crippen molar-refractivity contribution < 1.29 is 13.0 Å². The van der Waals surface area contributed by atoms with Gasteiger partial charge in [-0.25, -0.2) is 0 Å². The van der Waals surface area contributed by atoms with Gasteiger partial charge in [0.2, 0.25) is 0 Å². The van der Waals surface area contributed by atoms with E-state index >= 15 is 0 Å². The topological polar surface area (TPSA) is 54.4 Å². The van der Waals surface area contributed by atoms with Crippen molar-refractivity contribution in [2.24, 2.45) is 0 Å². The summed E-state index contributed by atoms with van der Waals surface area (Å²) in [4.78, 5) is 0. The Morgan fingerprint density at radius 3 is 1.33 bits per heavy atom. The second-order valence-corrected chi connectivity index (χ2v) is 4.76. The third-order valence-corrected chi connectivity index (χ3v) is 2.32. The molecule has 0 fully saturated rings. The summed E-state index contributed by atoms with van der Waals surface area (Å²) in [5.41, 5.74) is 0. The average Bonchev–Trinajstić information content (AvgIpc) is 1.25. The summed E-state index contributed by atoms with van der Waals surface area (Å²) in [5.74, 6) is 0. The van der Waals surface area contributed by atoms with Crippen LogP contribution in [0, 0.1) is 0 Å². The Kier molecular flexibility index (Phi) is 4.67. The Labute approximate surface area is 77.9 Å². The van der Waals surface area contributed by atoms with Gasteiger partial charge >= 0.3 is 29.6 Å². The normalized spacial score (nSPS) is 12.4. The van der Waals surface area contributed by atoms with Gasteiger partial charge in [-0.1, -0.05) is 0 Å².